The smallest absolute Gasteiger partial charge is 0.138 e. The van der Waals surface area contributed by atoms with Crippen molar-refractivity contribution in [1.29, 1.82) is 0 Å². The molecule has 190 valence electrons. The molecule has 1 aliphatic carbocycles. The van der Waals surface area contributed by atoms with E-state index in [0.717, 1.165) is 75.3 Å². The van der Waals surface area contributed by atoms with E-state index in [9.17, 15) is 5.11 Å². The van der Waals surface area contributed by atoms with Crippen LogP contribution in [0.2, 0.25) is 5.02 Å². The maximum atomic E-state index is 11.7. The van der Waals surface area contributed by atoms with Gasteiger partial charge >= 0.3 is 0 Å². The molecular weight excluding hydrogens is 495 g/mol. The fourth-order valence-electron chi connectivity index (χ4n) is 5.08. The highest BCUT2D eigenvalue weighted by Crippen LogP contribution is 2.42. The molecule has 5 nitrogen and oxygen atoms in total. The average Bonchev–Trinajstić information content (AvgIpc) is 2.83. The van der Waals surface area contributed by atoms with Crippen LogP contribution in [0, 0.1) is 0 Å². The van der Waals surface area contributed by atoms with Crippen LogP contribution in [0.15, 0.2) is 42.5 Å². The van der Waals surface area contributed by atoms with Gasteiger partial charge in [0.1, 0.15) is 18.1 Å². The summed E-state index contributed by atoms with van der Waals surface area (Å²) in [5.41, 5.74) is 1.40. The molecule has 1 aliphatic heterocycles. The van der Waals surface area contributed by atoms with Crippen molar-refractivity contribution >= 4 is 36.4 Å². The Hall–Kier alpha value is -1.21. The van der Waals surface area contributed by atoms with Crippen LogP contribution in [0.4, 0.5) is 0 Å². The van der Waals surface area contributed by atoms with Gasteiger partial charge in [-0.05, 0) is 36.6 Å². The fourth-order valence-corrected chi connectivity index (χ4v) is 5.32. The minimum atomic E-state index is -0.674. The maximum Gasteiger partial charge on any atom is 0.138 e. The zero-order valence-electron chi connectivity index (χ0n) is 19.8. The van der Waals surface area contributed by atoms with E-state index in [1.165, 1.54) is 6.42 Å². The third kappa shape index (κ3) is 7.16. The molecule has 1 saturated carbocycles. The van der Waals surface area contributed by atoms with Crippen LogP contribution in [0.5, 0.6) is 11.5 Å². The summed E-state index contributed by atoms with van der Waals surface area (Å²) in [7, 11) is 1.66. The minimum absolute atomic E-state index is 0. The first-order valence-corrected chi connectivity index (χ1v) is 12.2. The topological polar surface area (TPSA) is 54.0 Å². The molecule has 2 aromatic carbocycles. The van der Waals surface area contributed by atoms with E-state index in [4.69, 9.17) is 21.1 Å². The molecule has 34 heavy (non-hydrogen) atoms. The van der Waals surface area contributed by atoms with Gasteiger partial charge in [0.25, 0.3) is 0 Å². The lowest BCUT2D eigenvalue weighted by atomic mass is 9.72. The summed E-state index contributed by atoms with van der Waals surface area (Å²) in [5, 5.41) is 15.7. The van der Waals surface area contributed by atoms with Gasteiger partial charge in [-0.2, -0.15) is 0 Å². The largest absolute Gasteiger partial charge is 0.496 e. The lowest BCUT2D eigenvalue weighted by Crippen LogP contribution is -2.49. The number of piperazine rings is 1. The Kier molecular flexibility index (Phi) is 11.8. The molecule has 2 aromatic rings. The van der Waals surface area contributed by atoms with E-state index in [2.05, 4.69) is 16.3 Å². The van der Waals surface area contributed by atoms with Crippen LogP contribution in [-0.2, 0) is 6.61 Å². The molecule has 1 unspecified atom stereocenters. The van der Waals surface area contributed by atoms with E-state index in [1.54, 1.807) is 7.11 Å². The lowest BCUT2D eigenvalue weighted by Gasteiger charge is -2.42. The van der Waals surface area contributed by atoms with Gasteiger partial charge in [0.2, 0.25) is 0 Å². The van der Waals surface area contributed by atoms with E-state index in [1.807, 2.05) is 36.4 Å². The van der Waals surface area contributed by atoms with Crippen molar-refractivity contribution in [2.24, 2.45) is 0 Å². The molecule has 2 N–H and O–H groups in total. The molecule has 0 bridgehead atoms. The van der Waals surface area contributed by atoms with Gasteiger partial charge in [-0.15, -0.1) is 24.8 Å². The third-order valence-electron chi connectivity index (χ3n) is 6.95. The van der Waals surface area contributed by atoms with Crippen LogP contribution >= 0.6 is 36.4 Å². The quantitative estimate of drug-likeness (QED) is 0.474. The Bertz CT molecular complexity index is 887. The van der Waals surface area contributed by atoms with Gasteiger partial charge in [-0.1, -0.05) is 55.1 Å². The normalized spacial score (nSPS) is 18.8. The molecule has 8 heteroatoms. The van der Waals surface area contributed by atoms with Crippen LogP contribution in [0.1, 0.15) is 49.1 Å². The number of nitrogens with zero attached hydrogens (tertiary/aromatic N) is 1. The highest BCUT2D eigenvalue weighted by atomic mass is 35.5. The Morgan fingerprint density at radius 2 is 1.74 bits per heavy atom. The van der Waals surface area contributed by atoms with Gasteiger partial charge in [0, 0.05) is 44.2 Å². The monoisotopic (exact) mass is 530 g/mol. The number of para-hydroxylation sites is 1. The Balaban J connectivity index is 0.00000204. The van der Waals surface area contributed by atoms with Crippen molar-refractivity contribution in [3.05, 3.63) is 58.6 Å². The number of hydrogen-bond donors (Lipinski definition) is 2. The van der Waals surface area contributed by atoms with Crippen LogP contribution in [0.25, 0.3) is 0 Å². The Labute approximate surface area is 221 Å². The lowest BCUT2D eigenvalue weighted by molar-refractivity contribution is -0.0316. The first-order chi connectivity index (χ1) is 15.6. The van der Waals surface area contributed by atoms with Crippen LogP contribution in [-0.4, -0.2) is 55.4 Å². The van der Waals surface area contributed by atoms with E-state index in [-0.39, 0.29) is 30.7 Å². The summed E-state index contributed by atoms with van der Waals surface area (Å²) in [4.78, 5) is 2.47. The average molecular weight is 532 g/mol. The molecule has 1 saturated heterocycles. The SMILES string of the molecule is COc1ccccc1COc1ccc(C(CN2CCNCC2)C2(O)CCCCC2)cc1Cl.Cl.Cl. The molecule has 1 heterocycles. The highest BCUT2D eigenvalue weighted by Gasteiger charge is 2.39. The molecule has 1 atom stereocenters. The molecule has 0 aromatic heterocycles. The third-order valence-corrected chi connectivity index (χ3v) is 7.25. The second-order valence-corrected chi connectivity index (χ2v) is 9.47. The van der Waals surface area contributed by atoms with Gasteiger partial charge in [0.05, 0.1) is 17.7 Å². The molecule has 4 rings (SSSR count). The first kappa shape index (κ1) is 29.0. The summed E-state index contributed by atoms with van der Waals surface area (Å²) in [6, 6.07) is 13.9. The first-order valence-electron chi connectivity index (χ1n) is 11.8. The van der Waals surface area contributed by atoms with Gasteiger partial charge in [-0.25, -0.2) is 0 Å². The van der Waals surface area contributed by atoms with E-state index < -0.39 is 5.60 Å². The molecule has 2 aliphatic rings. The van der Waals surface area contributed by atoms with Crippen molar-refractivity contribution in [1.82, 2.24) is 10.2 Å². The minimum Gasteiger partial charge on any atom is -0.496 e. The Morgan fingerprint density at radius 1 is 1.03 bits per heavy atom. The van der Waals surface area contributed by atoms with Crippen LogP contribution in [0.3, 0.4) is 0 Å². The number of aliphatic hydroxyl groups is 1. The van der Waals surface area contributed by atoms with Crippen molar-refractivity contribution in [2.45, 2.75) is 50.2 Å². The molecule has 0 spiro atoms. The van der Waals surface area contributed by atoms with Crippen molar-refractivity contribution in [2.75, 3.05) is 39.8 Å². The van der Waals surface area contributed by atoms with E-state index in [0.29, 0.717) is 17.4 Å². The molecule has 0 radical (unpaired) electrons. The predicted molar refractivity (Wildman–Crippen MR) is 143 cm³/mol. The zero-order chi connectivity index (χ0) is 22.4. The zero-order valence-corrected chi connectivity index (χ0v) is 22.2. The van der Waals surface area contributed by atoms with Crippen molar-refractivity contribution < 1.29 is 14.6 Å². The standard InChI is InChI=1S/C26H35ClN2O3.2ClH/c1-31-24-8-4-3-7-21(24)19-32-25-10-9-20(17-23(25)27)22(18-29-15-13-28-14-16-29)26(30)11-5-2-6-12-26;;/h3-4,7-10,17,22,28,30H,2,5-6,11-16,18-19H2,1H3;2*1H. The molecule has 2 fully saturated rings. The number of hydrogen-bond acceptors (Lipinski definition) is 5. The van der Waals surface area contributed by atoms with Gasteiger partial charge in [-0.3, -0.25) is 0 Å². The summed E-state index contributed by atoms with van der Waals surface area (Å²) < 4.78 is 11.4. The number of nitrogens with one attached hydrogen (secondary N) is 1. The molecular formula is C26H37Cl3N2O3. The predicted octanol–water partition coefficient (Wildman–Crippen LogP) is 5.46. The summed E-state index contributed by atoms with van der Waals surface area (Å²) in [6.45, 7) is 5.28. The summed E-state index contributed by atoms with van der Waals surface area (Å²) >= 11 is 6.68. The van der Waals surface area contributed by atoms with Crippen LogP contribution < -0.4 is 14.8 Å². The second-order valence-electron chi connectivity index (χ2n) is 9.06. The van der Waals surface area contributed by atoms with Gasteiger partial charge in [0.15, 0.2) is 0 Å². The number of halogens is 3. The highest BCUT2D eigenvalue weighted by molar-refractivity contribution is 6.32. The summed E-state index contributed by atoms with van der Waals surface area (Å²) in [5.74, 6) is 1.50. The van der Waals surface area contributed by atoms with Crippen molar-refractivity contribution in [3.63, 3.8) is 0 Å². The maximum absolute atomic E-state index is 11.7. The van der Waals surface area contributed by atoms with Crippen molar-refractivity contribution in [3.8, 4) is 11.5 Å². The summed E-state index contributed by atoms with van der Waals surface area (Å²) in [6.07, 6.45) is 5.09. The number of ether oxygens (including phenoxy) is 2. The number of rotatable bonds is 8. The van der Waals surface area contributed by atoms with Gasteiger partial charge < -0.3 is 24.8 Å². The fraction of sp³-hybridized carbons (Fsp3) is 0.538. The Morgan fingerprint density at radius 3 is 2.41 bits per heavy atom. The second kappa shape index (κ2) is 13.8. The molecule has 0 amide bonds. The van der Waals surface area contributed by atoms with E-state index >= 15 is 0 Å². The number of benzene rings is 2. The number of methoxy groups -OCH3 is 1.